The Labute approximate surface area is 115 Å². The van der Waals surface area contributed by atoms with Crippen molar-refractivity contribution in [3.63, 3.8) is 0 Å². The molecule has 5 heteroatoms. The number of ether oxygens (including phenoxy) is 2. The summed E-state index contributed by atoms with van der Waals surface area (Å²) in [4.78, 5) is 8.42. The molecule has 0 aromatic carbocycles. The molecule has 0 unspecified atom stereocenters. The predicted molar refractivity (Wildman–Crippen MR) is 76.8 cm³/mol. The summed E-state index contributed by atoms with van der Waals surface area (Å²) in [7, 11) is 1.86. The Morgan fingerprint density at radius 1 is 1.11 bits per heavy atom. The number of nitrogens with one attached hydrogen (secondary N) is 1. The van der Waals surface area contributed by atoms with Gasteiger partial charge < -0.3 is 14.8 Å². The van der Waals surface area contributed by atoms with Gasteiger partial charge in [0.15, 0.2) is 0 Å². The lowest BCUT2D eigenvalue weighted by Gasteiger charge is -2.12. The van der Waals surface area contributed by atoms with Crippen LogP contribution in [-0.2, 0) is 11.2 Å². The van der Waals surface area contributed by atoms with E-state index >= 15 is 0 Å². The first-order chi connectivity index (χ1) is 9.33. The van der Waals surface area contributed by atoms with Crippen molar-refractivity contribution in [2.24, 2.45) is 0 Å². The molecule has 0 radical (unpaired) electrons. The molecule has 0 spiro atoms. The molecule has 5 nitrogen and oxygen atoms in total. The van der Waals surface area contributed by atoms with Crippen LogP contribution in [0.15, 0.2) is 6.33 Å². The van der Waals surface area contributed by atoms with Crippen LogP contribution in [-0.4, -0.2) is 36.8 Å². The maximum atomic E-state index is 5.70. The zero-order valence-electron chi connectivity index (χ0n) is 12.2. The third-order valence-corrected chi connectivity index (χ3v) is 2.75. The van der Waals surface area contributed by atoms with Gasteiger partial charge in [-0.05, 0) is 12.8 Å². The molecule has 1 rings (SSSR count). The lowest BCUT2D eigenvalue weighted by molar-refractivity contribution is 0.0961. The van der Waals surface area contributed by atoms with Crippen LogP contribution in [0.2, 0.25) is 0 Å². The molecular formula is C14H25N3O2. The van der Waals surface area contributed by atoms with Crippen LogP contribution in [0.3, 0.4) is 0 Å². The highest BCUT2D eigenvalue weighted by atomic mass is 16.5. The standard InChI is InChI=1S/C14H25N3O2/c1-4-6-8-18-9-10-19-14-12(7-5-2)13(15-3)16-11-17-14/h11H,4-10H2,1-3H3,(H,15,16,17). The Hall–Kier alpha value is -1.36. The molecule has 0 bridgehead atoms. The molecule has 108 valence electrons. The molecule has 0 aliphatic heterocycles. The van der Waals surface area contributed by atoms with Crippen molar-refractivity contribution in [1.82, 2.24) is 9.97 Å². The second-order valence-electron chi connectivity index (χ2n) is 4.32. The Bertz CT molecular complexity index is 359. The molecule has 19 heavy (non-hydrogen) atoms. The first kappa shape index (κ1) is 15.7. The molecular weight excluding hydrogens is 242 g/mol. The zero-order valence-corrected chi connectivity index (χ0v) is 12.2. The second kappa shape index (κ2) is 9.55. The highest BCUT2D eigenvalue weighted by Gasteiger charge is 2.10. The Kier molecular flexibility index (Phi) is 7.89. The first-order valence-electron chi connectivity index (χ1n) is 7.05. The fourth-order valence-electron chi connectivity index (χ4n) is 1.76. The van der Waals surface area contributed by atoms with E-state index in [-0.39, 0.29) is 0 Å². The molecule has 0 saturated carbocycles. The van der Waals surface area contributed by atoms with Gasteiger partial charge in [0, 0.05) is 13.7 Å². The highest BCUT2D eigenvalue weighted by Crippen LogP contribution is 2.23. The van der Waals surface area contributed by atoms with Gasteiger partial charge in [-0.1, -0.05) is 26.7 Å². The monoisotopic (exact) mass is 267 g/mol. The van der Waals surface area contributed by atoms with Crippen LogP contribution < -0.4 is 10.1 Å². The summed E-state index contributed by atoms with van der Waals surface area (Å²) >= 11 is 0. The van der Waals surface area contributed by atoms with E-state index in [4.69, 9.17) is 9.47 Å². The van der Waals surface area contributed by atoms with Crippen molar-refractivity contribution in [2.45, 2.75) is 39.5 Å². The molecule has 0 fully saturated rings. The van der Waals surface area contributed by atoms with Crippen LogP contribution in [0.1, 0.15) is 38.7 Å². The number of nitrogens with zero attached hydrogens (tertiary/aromatic N) is 2. The van der Waals surface area contributed by atoms with Gasteiger partial charge in [-0.3, -0.25) is 0 Å². The van der Waals surface area contributed by atoms with Crippen molar-refractivity contribution in [3.05, 3.63) is 11.9 Å². The SMILES string of the molecule is CCCCOCCOc1ncnc(NC)c1CCC. The van der Waals surface area contributed by atoms with E-state index < -0.39 is 0 Å². The molecule has 0 atom stereocenters. The number of hydrogen-bond donors (Lipinski definition) is 1. The topological polar surface area (TPSA) is 56.3 Å². The molecule has 1 heterocycles. The summed E-state index contributed by atoms with van der Waals surface area (Å²) in [5, 5.41) is 3.08. The third-order valence-electron chi connectivity index (χ3n) is 2.75. The van der Waals surface area contributed by atoms with Gasteiger partial charge in [-0.15, -0.1) is 0 Å². The summed E-state index contributed by atoms with van der Waals surface area (Å²) < 4.78 is 11.2. The number of hydrogen-bond acceptors (Lipinski definition) is 5. The molecule has 0 amide bonds. The fourth-order valence-corrected chi connectivity index (χ4v) is 1.76. The van der Waals surface area contributed by atoms with Gasteiger partial charge in [-0.25, -0.2) is 9.97 Å². The normalized spacial score (nSPS) is 10.5. The van der Waals surface area contributed by atoms with E-state index in [0.717, 1.165) is 43.7 Å². The summed E-state index contributed by atoms with van der Waals surface area (Å²) in [6, 6.07) is 0. The lowest BCUT2D eigenvalue weighted by atomic mass is 10.2. The van der Waals surface area contributed by atoms with E-state index in [1.807, 2.05) is 7.05 Å². The minimum absolute atomic E-state index is 0.528. The fraction of sp³-hybridized carbons (Fsp3) is 0.714. The van der Waals surface area contributed by atoms with Crippen molar-refractivity contribution in [2.75, 3.05) is 32.2 Å². The minimum atomic E-state index is 0.528. The second-order valence-corrected chi connectivity index (χ2v) is 4.32. The summed E-state index contributed by atoms with van der Waals surface area (Å²) in [5.74, 6) is 1.51. The molecule has 1 aromatic rings. The number of anilines is 1. The molecule has 0 aliphatic rings. The van der Waals surface area contributed by atoms with E-state index in [0.29, 0.717) is 19.1 Å². The number of aromatic nitrogens is 2. The Morgan fingerprint density at radius 2 is 1.95 bits per heavy atom. The largest absolute Gasteiger partial charge is 0.475 e. The number of unbranched alkanes of at least 4 members (excludes halogenated alkanes) is 1. The van der Waals surface area contributed by atoms with Gasteiger partial charge in [0.1, 0.15) is 18.8 Å². The molecule has 1 N–H and O–H groups in total. The Morgan fingerprint density at radius 3 is 2.63 bits per heavy atom. The quantitative estimate of drug-likeness (QED) is 0.660. The van der Waals surface area contributed by atoms with Crippen molar-refractivity contribution in [1.29, 1.82) is 0 Å². The maximum Gasteiger partial charge on any atom is 0.221 e. The molecule has 1 aromatic heterocycles. The molecule has 0 aliphatic carbocycles. The van der Waals surface area contributed by atoms with Gasteiger partial charge >= 0.3 is 0 Å². The van der Waals surface area contributed by atoms with Crippen LogP contribution in [0, 0.1) is 0 Å². The molecule has 0 saturated heterocycles. The predicted octanol–water partition coefficient (Wildman–Crippen LogP) is 2.67. The van der Waals surface area contributed by atoms with Gasteiger partial charge in [0.05, 0.1) is 12.2 Å². The van der Waals surface area contributed by atoms with Gasteiger partial charge in [0.25, 0.3) is 0 Å². The van der Waals surface area contributed by atoms with E-state index in [2.05, 4.69) is 29.1 Å². The average Bonchev–Trinajstić information content (AvgIpc) is 2.44. The summed E-state index contributed by atoms with van der Waals surface area (Å²) in [5.41, 5.74) is 1.04. The lowest BCUT2D eigenvalue weighted by Crippen LogP contribution is -2.11. The first-order valence-corrected chi connectivity index (χ1v) is 7.05. The number of rotatable bonds is 10. The minimum Gasteiger partial charge on any atom is -0.475 e. The average molecular weight is 267 g/mol. The van der Waals surface area contributed by atoms with E-state index in [1.54, 1.807) is 0 Å². The zero-order chi connectivity index (χ0) is 13.9. The van der Waals surface area contributed by atoms with Crippen molar-refractivity contribution in [3.8, 4) is 5.88 Å². The summed E-state index contributed by atoms with van der Waals surface area (Å²) in [6.45, 7) is 6.21. The van der Waals surface area contributed by atoms with E-state index in [1.165, 1.54) is 6.33 Å². The Balaban J connectivity index is 2.47. The van der Waals surface area contributed by atoms with Gasteiger partial charge in [-0.2, -0.15) is 0 Å². The van der Waals surface area contributed by atoms with Crippen molar-refractivity contribution >= 4 is 5.82 Å². The maximum absolute atomic E-state index is 5.70. The smallest absolute Gasteiger partial charge is 0.221 e. The summed E-state index contributed by atoms with van der Waals surface area (Å²) in [6.07, 6.45) is 5.71. The van der Waals surface area contributed by atoms with Crippen LogP contribution in [0.5, 0.6) is 5.88 Å². The van der Waals surface area contributed by atoms with Gasteiger partial charge in [0.2, 0.25) is 5.88 Å². The third kappa shape index (κ3) is 5.42. The van der Waals surface area contributed by atoms with Crippen LogP contribution >= 0.6 is 0 Å². The van der Waals surface area contributed by atoms with Crippen LogP contribution in [0.25, 0.3) is 0 Å². The van der Waals surface area contributed by atoms with Crippen molar-refractivity contribution < 1.29 is 9.47 Å². The van der Waals surface area contributed by atoms with E-state index in [9.17, 15) is 0 Å². The highest BCUT2D eigenvalue weighted by molar-refractivity contribution is 5.48. The van der Waals surface area contributed by atoms with Crippen LogP contribution in [0.4, 0.5) is 5.82 Å².